The van der Waals surface area contributed by atoms with Crippen LogP contribution in [0, 0.1) is 0 Å². The highest BCUT2D eigenvalue weighted by molar-refractivity contribution is 5.92. The number of H-pyrrole nitrogens is 1. The standard InChI is InChI=1S/C20H22F3N5O/c1-29-15-10-6-5-9-14(15)26-19-27-17-16(13(11-24-17)20(21,22)23)18(28-19)25-12-7-3-2-4-8-12/h5-6,9-12H,2-4,7-8H2,1H3,(H3,24,25,26,27,28). The number of methoxy groups -OCH3 is 1. The Morgan fingerprint density at radius 2 is 1.86 bits per heavy atom. The summed E-state index contributed by atoms with van der Waals surface area (Å²) in [7, 11) is 1.54. The number of halogens is 3. The summed E-state index contributed by atoms with van der Waals surface area (Å²) in [6, 6.07) is 7.30. The number of aromatic amines is 1. The van der Waals surface area contributed by atoms with Crippen molar-refractivity contribution in [3.8, 4) is 5.75 Å². The first-order valence-electron chi connectivity index (χ1n) is 9.58. The van der Waals surface area contributed by atoms with E-state index in [2.05, 4.69) is 25.6 Å². The van der Waals surface area contributed by atoms with Crippen molar-refractivity contribution >= 4 is 28.5 Å². The highest BCUT2D eigenvalue weighted by Crippen LogP contribution is 2.38. The van der Waals surface area contributed by atoms with E-state index in [1.165, 1.54) is 0 Å². The molecule has 0 radical (unpaired) electrons. The van der Waals surface area contributed by atoms with Gasteiger partial charge in [-0.1, -0.05) is 31.4 Å². The van der Waals surface area contributed by atoms with Crippen LogP contribution >= 0.6 is 0 Å². The fourth-order valence-electron chi connectivity index (χ4n) is 3.73. The van der Waals surface area contributed by atoms with Crippen molar-refractivity contribution in [2.75, 3.05) is 17.7 Å². The molecule has 0 atom stereocenters. The van der Waals surface area contributed by atoms with Crippen LogP contribution in [0.5, 0.6) is 5.75 Å². The van der Waals surface area contributed by atoms with Crippen molar-refractivity contribution in [1.82, 2.24) is 15.0 Å². The molecule has 0 saturated heterocycles. The minimum absolute atomic E-state index is 0.0337. The van der Waals surface area contributed by atoms with E-state index in [-0.39, 0.29) is 28.8 Å². The van der Waals surface area contributed by atoms with E-state index >= 15 is 0 Å². The first-order valence-corrected chi connectivity index (χ1v) is 9.58. The molecule has 154 valence electrons. The van der Waals surface area contributed by atoms with Gasteiger partial charge in [0, 0.05) is 12.2 Å². The van der Waals surface area contributed by atoms with Gasteiger partial charge >= 0.3 is 6.18 Å². The van der Waals surface area contributed by atoms with Crippen LogP contribution < -0.4 is 15.4 Å². The zero-order chi connectivity index (χ0) is 20.4. The van der Waals surface area contributed by atoms with Crippen LogP contribution in [-0.2, 0) is 6.18 Å². The Morgan fingerprint density at radius 1 is 1.10 bits per heavy atom. The third-order valence-corrected chi connectivity index (χ3v) is 5.14. The van der Waals surface area contributed by atoms with Crippen molar-refractivity contribution < 1.29 is 17.9 Å². The first-order chi connectivity index (χ1) is 14.0. The molecule has 0 amide bonds. The Hall–Kier alpha value is -2.97. The fraction of sp³-hybridized carbons (Fsp3) is 0.400. The Labute approximate surface area is 165 Å². The van der Waals surface area contributed by atoms with Crippen LogP contribution in [0.4, 0.5) is 30.6 Å². The lowest BCUT2D eigenvalue weighted by atomic mass is 9.95. The molecule has 0 spiro atoms. The predicted molar refractivity (Wildman–Crippen MR) is 106 cm³/mol. The fourth-order valence-corrected chi connectivity index (χ4v) is 3.73. The van der Waals surface area contributed by atoms with Gasteiger partial charge < -0.3 is 20.4 Å². The highest BCUT2D eigenvalue weighted by atomic mass is 19.4. The minimum atomic E-state index is -4.50. The van der Waals surface area contributed by atoms with Crippen LogP contribution in [0.3, 0.4) is 0 Å². The predicted octanol–water partition coefficient (Wildman–Crippen LogP) is 5.47. The molecule has 1 saturated carbocycles. The number of hydrogen-bond acceptors (Lipinski definition) is 5. The number of alkyl halides is 3. The molecule has 0 unspecified atom stereocenters. The van der Waals surface area contributed by atoms with Crippen molar-refractivity contribution in [3.05, 3.63) is 36.0 Å². The SMILES string of the molecule is COc1ccccc1Nc1nc(NC2CCCCC2)c2c(C(F)(F)F)c[nH]c2n1. The number of nitrogens with one attached hydrogen (secondary N) is 3. The summed E-state index contributed by atoms with van der Waals surface area (Å²) >= 11 is 0. The van der Waals surface area contributed by atoms with Crippen LogP contribution in [0.15, 0.2) is 30.5 Å². The van der Waals surface area contributed by atoms with Crippen molar-refractivity contribution in [2.24, 2.45) is 0 Å². The van der Waals surface area contributed by atoms with Gasteiger partial charge in [0.15, 0.2) is 0 Å². The van der Waals surface area contributed by atoms with Gasteiger partial charge in [0.2, 0.25) is 5.95 Å². The van der Waals surface area contributed by atoms with Gasteiger partial charge in [-0.2, -0.15) is 23.1 Å². The number of rotatable bonds is 5. The summed E-state index contributed by atoms with van der Waals surface area (Å²) in [5.41, 5.74) is -0.0155. The maximum Gasteiger partial charge on any atom is 0.418 e. The highest BCUT2D eigenvalue weighted by Gasteiger charge is 2.36. The van der Waals surface area contributed by atoms with Gasteiger partial charge in [-0.05, 0) is 25.0 Å². The maximum atomic E-state index is 13.5. The van der Waals surface area contributed by atoms with Crippen LogP contribution in [0.25, 0.3) is 11.0 Å². The number of nitrogens with zero attached hydrogens (tertiary/aromatic N) is 2. The molecule has 2 aromatic heterocycles. The van der Waals surface area contributed by atoms with Gasteiger partial charge in [-0.25, -0.2) is 0 Å². The molecule has 1 fully saturated rings. The van der Waals surface area contributed by atoms with Gasteiger partial charge in [0.25, 0.3) is 0 Å². The molecule has 9 heteroatoms. The summed E-state index contributed by atoms with van der Waals surface area (Å²) < 4.78 is 45.9. The maximum absolute atomic E-state index is 13.5. The number of anilines is 3. The van der Waals surface area contributed by atoms with E-state index < -0.39 is 11.7 Å². The second kappa shape index (κ2) is 7.81. The summed E-state index contributed by atoms with van der Waals surface area (Å²) in [4.78, 5) is 11.3. The summed E-state index contributed by atoms with van der Waals surface area (Å²) in [6.07, 6.45) is 1.52. The molecule has 3 N–H and O–H groups in total. The molecule has 1 aliphatic carbocycles. The first kappa shape index (κ1) is 19.4. The molecule has 0 aliphatic heterocycles. The minimum Gasteiger partial charge on any atom is -0.495 e. The molecule has 0 bridgehead atoms. The van der Waals surface area contributed by atoms with E-state index in [1.807, 2.05) is 12.1 Å². The summed E-state index contributed by atoms with van der Waals surface area (Å²) in [6.45, 7) is 0. The van der Waals surface area contributed by atoms with E-state index in [4.69, 9.17) is 4.74 Å². The molecule has 1 aliphatic rings. The molecule has 1 aromatic carbocycles. The monoisotopic (exact) mass is 405 g/mol. The number of benzene rings is 1. The molecule has 4 rings (SSSR count). The van der Waals surface area contributed by atoms with Crippen molar-refractivity contribution in [2.45, 2.75) is 44.3 Å². The Morgan fingerprint density at radius 3 is 2.59 bits per heavy atom. The van der Waals surface area contributed by atoms with E-state index in [1.54, 1.807) is 19.2 Å². The average molecular weight is 405 g/mol. The van der Waals surface area contributed by atoms with E-state index in [0.717, 1.165) is 38.3 Å². The molecule has 6 nitrogen and oxygen atoms in total. The van der Waals surface area contributed by atoms with E-state index in [9.17, 15) is 13.2 Å². The zero-order valence-corrected chi connectivity index (χ0v) is 15.9. The van der Waals surface area contributed by atoms with Gasteiger partial charge in [0.05, 0.1) is 23.7 Å². The third-order valence-electron chi connectivity index (χ3n) is 5.14. The zero-order valence-electron chi connectivity index (χ0n) is 15.9. The summed E-state index contributed by atoms with van der Waals surface area (Å²) in [5, 5.41) is 6.25. The number of aromatic nitrogens is 3. The Bertz CT molecular complexity index is 995. The number of fused-ring (bicyclic) bond motifs is 1. The van der Waals surface area contributed by atoms with Gasteiger partial charge in [-0.15, -0.1) is 0 Å². The number of hydrogen-bond donors (Lipinski definition) is 3. The lowest BCUT2D eigenvalue weighted by Crippen LogP contribution is -2.23. The quantitative estimate of drug-likeness (QED) is 0.525. The Kier molecular flexibility index (Phi) is 5.21. The molecule has 2 heterocycles. The third kappa shape index (κ3) is 4.08. The second-order valence-electron chi connectivity index (χ2n) is 7.12. The van der Waals surface area contributed by atoms with Crippen molar-refractivity contribution in [3.63, 3.8) is 0 Å². The summed E-state index contributed by atoms with van der Waals surface area (Å²) in [5.74, 6) is 0.962. The second-order valence-corrected chi connectivity index (χ2v) is 7.12. The van der Waals surface area contributed by atoms with Crippen LogP contribution in [0.1, 0.15) is 37.7 Å². The number of ether oxygens (including phenoxy) is 1. The van der Waals surface area contributed by atoms with Crippen LogP contribution in [0.2, 0.25) is 0 Å². The lowest BCUT2D eigenvalue weighted by Gasteiger charge is -2.24. The molecule has 3 aromatic rings. The van der Waals surface area contributed by atoms with E-state index in [0.29, 0.717) is 11.4 Å². The molecular weight excluding hydrogens is 383 g/mol. The lowest BCUT2D eigenvalue weighted by molar-refractivity contribution is -0.136. The molecular formula is C20H22F3N5O. The van der Waals surface area contributed by atoms with Gasteiger partial charge in [0.1, 0.15) is 17.2 Å². The average Bonchev–Trinajstić information content (AvgIpc) is 3.14. The van der Waals surface area contributed by atoms with Crippen molar-refractivity contribution in [1.29, 1.82) is 0 Å². The molecule has 29 heavy (non-hydrogen) atoms. The largest absolute Gasteiger partial charge is 0.495 e. The van der Waals surface area contributed by atoms with Gasteiger partial charge in [-0.3, -0.25) is 0 Å². The number of para-hydroxylation sites is 2. The topological polar surface area (TPSA) is 74.9 Å². The van der Waals surface area contributed by atoms with Crippen LogP contribution in [-0.4, -0.2) is 28.1 Å². The smallest absolute Gasteiger partial charge is 0.418 e. The Balaban J connectivity index is 1.76. The normalized spacial score (nSPS) is 15.4.